The van der Waals surface area contributed by atoms with E-state index in [1.54, 1.807) is 19.3 Å². The molecule has 0 saturated heterocycles. The molecular formula is C21H24N2O3S. The number of hydrogen-bond acceptors (Lipinski definition) is 4. The second-order valence-electron chi connectivity index (χ2n) is 6.91. The van der Waals surface area contributed by atoms with Crippen LogP contribution in [-0.2, 0) is 10.0 Å². The van der Waals surface area contributed by atoms with Crippen LogP contribution < -0.4 is 9.46 Å². The van der Waals surface area contributed by atoms with Gasteiger partial charge in [0.2, 0.25) is 10.0 Å². The van der Waals surface area contributed by atoms with Crippen molar-refractivity contribution in [3.63, 3.8) is 0 Å². The van der Waals surface area contributed by atoms with E-state index in [0.717, 1.165) is 27.5 Å². The highest BCUT2D eigenvalue weighted by atomic mass is 32.2. The van der Waals surface area contributed by atoms with Gasteiger partial charge in [0.15, 0.2) is 0 Å². The fourth-order valence-electron chi connectivity index (χ4n) is 3.38. The summed E-state index contributed by atoms with van der Waals surface area (Å²) in [4.78, 5) is 4.45. The van der Waals surface area contributed by atoms with Crippen molar-refractivity contribution >= 4 is 20.8 Å². The zero-order valence-corrected chi connectivity index (χ0v) is 16.8. The quantitative estimate of drug-likeness (QED) is 0.700. The predicted octanol–water partition coefficient (Wildman–Crippen LogP) is 3.91. The zero-order chi connectivity index (χ0) is 19.6. The summed E-state index contributed by atoms with van der Waals surface area (Å²) in [6.45, 7) is 7.62. The minimum absolute atomic E-state index is 0.227. The van der Waals surface area contributed by atoms with Gasteiger partial charge in [-0.25, -0.2) is 13.1 Å². The topological polar surface area (TPSA) is 68.3 Å². The first kappa shape index (κ1) is 19.3. The van der Waals surface area contributed by atoms with Crippen LogP contribution in [0.3, 0.4) is 0 Å². The number of pyridine rings is 1. The van der Waals surface area contributed by atoms with Crippen molar-refractivity contribution in [2.24, 2.45) is 0 Å². The molecule has 1 aromatic heterocycles. The summed E-state index contributed by atoms with van der Waals surface area (Å²) in [6, 6.07) is 11.0. The summed E-state index contributed by atoms with van der Waals surface area (Å²) < 4.78 is 34.3. The van der Waals surface area contributed by atoms with E-state index < -0.39 is 10.0 Å². The van der Waals surface area contributed by atoms with Crippen LogP contribution in [0.5, 0.6) is 5.75 Å². The second-order valence-corrected chi connectivity index (χ2v) is 8.56. The summed E-state index contributed by atoms with van der Waals surface area (Å²) >= 11 is 0. The number of fused-ring (bicyclic) bond motifs is 1. The number of nitrogens with zero attached hydrogens (tertiary/aromatic N) is 1. The van der Waals surface area contributed by atoms with E-state index in [-0.39, 0.29) is 12.6 Å². The highest BCUT2D eigenvalue weighted by molar-refractivity contribution is 7.89. The van der Waals surface area contributed by atoms with Crippen molar-refractivity contribution in [2.45, 2.75) is 38.6 Å². The van der Waals surface area contributed by atoms with Crippen molar-refractivity contribution in [1.29, 1.82) is 0 Å². The lowest BCUT2D eigenvalue weighted by atomic mass is 10.1. The molecule has 0 amide bonds. The number of rotatable bonds is 6. The third kappa shape index (κ3) is 4.28. The van der Waals surface area contributed by atoms with Gasteiger partial charge >= 0.3 is 0 Å². The molecule has 0 bridgehead atoms. The third-order valence-electron chi connectivity index (χ3n) is 4.36. The molecule has 142 valence electrons. The highest BCUT2D eigenvalue weighted by Crippen LogP contribution is 2.25. The number of benzene rings is 2. The fraction of sp³-hybridized carbons (Fsp3) is 0.286. The van der Waals surface area contributed by atoms with Gasteiger partial charge < -0.3 is 4.74 Å². The largest absolute Gasteiger partial charge is 0.491 e. The zero-order valence-electron chi connectivity index (χ0n) is 16.0. The minimum Gasteiger partial charge on any atom is -0.491 e. The third-order valence-corrected chi connectivity index (χ3v) is 6.25. The maximum atomic E-state index is 12.8. The summed E-state index contributed by atoms with van der Waals surface area (Å²) in [7, 11) is -3.62. The fourth-order valence-corrected chi connectivity index (χ4v) is 5.06. The molecule has 1 atom stereocenters. The van der Waals surface area contributed by atoms with Crippen LogP contribution >= 0.6 is 0 Å². The number of hydrogen-bond donors (Lipinski definition) is 1. The van der Waals surface area contributed by atoms with Crippen LogP contribution in [0, 0.1) is 20.8 Å². The Morgan fingerprint density at radius 3 is 2.52 bits per heavy atom. The van der Waals surface area contributed by atoms with Gasteiger partial charge in [0.05, 0.1) is 10.9 Å². The van der Waals surface area contributed by atoms with Gasteiger partial charge in [-0.15, -0.1) is 0 Å². The highest BCUT2D eigenvalue weighted by Gasteiger charge is 2.22. The van der Waals surface area contributed by atoms with Crippen molar-refractivity contribution in [3.8, 4) is 5.75 Å². The molecule has 6 heteroatoms. The summed E-state index contributed by atoms with van der Waals surface area (Å²) in [5, 5.41) is 1.93. The summed E-state index contributed by atoms with van der Waals surface area (Å²) in [6.07, 6.45) is 3.49. The SMILES string of the molecule is Cc1cc(C)c(S(=O)(=O)N[C@@H](C)COc2cccc3cnccc23)c(C)c1. The van der Waals surface area contributed by atoms with Crippen LogP contribution in [0.25, 0.3) is 10.8 Å². The summed E-state index contributed by atoms with van der Waals surface area (Å²) in [5.74, 6) is 0.712. The molecule has 0 fully saturated rings. The average Bonchev–Trinajstić information content (AvgIpc) is 2.58. The second kappa shape index (κ2) is 7.66. The number of aromatic nitrogens is 1. The normalized spacial score (nSPS) is 12.9. The van der Waals surface area contributed by atoms with Crippen LogP contribution in [0.1, 0.15) is 23.6 Å². The molecule has 5 nitrogen and oxygen atoms in total. The van der Waals surface area contributed by atoms with Crippen LogP contribution in [0.4, 0.5) is 0 Å². The van der Waals surface area contributed by atoms with E-state index in [1.165, 1.54) is 0 Å². The first-order valence-electron chi connectivity index (χ1n) is 8.83. The number of aryl methyl sites for hydroxylation is 3. The maximum Gasteiger partial charge on any atom is 0.241 e. The molecule has 1 heterocycles. The van der Waals surface area contributed by atoms with Gasteiger partial charge in [-0.2, -0.15) is 0 Å². The molecule has 0 unspecified atom stereocenters. The van der Waals surface area contributed by atoms with E-state index in [0.29, 0.717) is 10.6 Å². The molecule has 0 radical (unpaired) electrons. The van der Waals surface area contributed by atoms with E-state index in [2.05, 4.69) is 9.71 Å². The van der Waals surface area contributed by atoms with Crippen molar-refractivity contribution < 1.29 is 13.2 Å². The lowest BCUT2D eigenvalue weighted by molar-refractivity contribution is 0.290. The van der Waals surface area contributed by atoms with Gasteiger partial charge in [-0.05, 0) is 51.0 Å². The molecule has 1 N–H and O–H groups in total. The molecule has 0 aliphatic rings. The molecule has 0 aliphatic carbocycles. The molecule has 3 aromatic rings. The van der Waals surface area contributed by atoms with Crippen LogP contribution in [-0.4, -0.2) is 26.1 Å². The van der Waals surface area contributed by atoms with Gasteiger partial charge in [0, 0.05) is 23.2 Å². The first-order valence-corrected chi connectivity index (χ1v) is 10.3. The predicted molar refractivity (Wildman–Crippen MR) is 108 cm³/mol. The number of nitrogens with one attached hydrogen (secondary N) is 1. The lowest BCUT2D eigenvalue weighted by Crippen LogP contribution is -2.37. The summed E-state index contributed by atoms with van der Waals surface area (Å²) in [5.41, 5.74) is 2.54. The maximum absolute atomic E-state index is 12.8. The van der Waals surface area contributed by atoms with Gasteiger partial charge in [-0.1, -0.05) is 29.8 Å². The van der Waals surface area contributed by atoms with Gasteiger partial charge in [0.1, 0.15) is 12.4 Å². The Bertz CT molecular complexity index is 1050. The Kier molecular flexibility index (Phi) is 5.48. The van der Waals surface area contributed by atoms with E-state index in [9.17, 15) is 8.42 Å². The Balaban J connectivity index is 1.75. The number of sulfonamides is 1. The van der Waals surface area contributed by atoms with Crippen molar-refractivity contribution in [1.82, 2.24) is 9.71 Å². The lowest BCUT2D eigenvalue weighted by Gasteiger charge is -2.18. The Labute approximate surface area is 160 Å². The Morgan fingerprint density at radius 2 is 1.81 bits per heavy atom. The number of ether oxygens (including phenoxy) is 1. The van der Waals surface area contributed by atoms with E-state index in [1.807, 2.05) is 57.2 Å². The molecule has 0 saturated carbocycles. The first-order chi connectivity index (χ1) is 12.8. The Morgan fingerprint density at radius 1 is 1.11 bits per heavy atom. The van der Waals surface area contributed by atoms with Crippen LogP contribution in [0.2, 0.25) is 0 Å². The molecule has 0 aliphatic heterocycles. The molecule has 2 aromatic carbocycles. The molecule has 0 spiro atoms. The van der Waals surface area contributed by atoms with Crippen LogP contribution in [0.15, 0.2) is 53.7 Å². The van der Waals surface area contributed by atoms with E-state index in [4.69, 9.17) is 4.74 Å². The minimum atomic E-state index is -3.62. The van der Waals surface area contributed by atoms with E-state index >= 15 is 0 Å². The van der Waals surface area contributed by atoms with Gasteiger partial charge in [-0.3, -0.25) is 4.98 Å². The molecule has 27 heavy (non-hydrogen) atoms. The average molecular weight is 385 g/mol. The van der Waals surface area contributed by atoms with Crippen molar-refractivity contribution in [3.05, 3.63) is 65.5 Å². The molecule has 3 rings (SSSR count). The Hall–Kier alpha value is -2.44. The standard InChI is InChI=1S/C21H24N2O3S/c1-14-10-15(2)21(16(3)11-14)27(24,25)23-17(4)13-26-20-7-5-6-18-12-22-9-8-19(18)20/h5-12,17,23H,13H2,1-4H3/t17-/m0/s1. The monoisotopic (exact) mass is 384 g/mol. The van der Waals surface area contributed by atoms with Crippen molar-refractivity contribution in [2.75, 3.05) is 6.61 Å². The smallest absolute Gasteiger partial charge is 0.241 e. The molecular weight excluding hydrogens is 360 g/mol. The van der Waals surface area contributed by atoms with Gasteiger partial charge in [0.25, 0.3) is 0 Å².